The van der Waals surface area contributed by atoms with E-state index in [1.165, 1.54) is 4.90 Å². The van der Waals surface area contributed by atoms with Crippen LogP contribution in [0.3, 0.4) is 0 Å². The molecule has 1 atom stereocenters. The molecule has 8 heteroatoms. The molecule has 192 valence electrons. The van der Waals surface area contributed by atoms with Crippen LogP contribution in [0.4, 0.5) is 5.69 Å². The third-order valence-electron chi connectivity index (χ3n) is 6.00. The van der Waals surface area contributed by atoms with Gasteiger partial charge in [0, 0.05) is 13.1 Å². The van der Waals surface area contributed by atoms with Crippen LogP contribution in [0.1, 0.15) is 49.8 Å². The van der Waals surface area contributed by atoms with Gasteiger partial charge in [-0.3, -0.25) is 13.9 Å². The van der Waals surface area contributed by atoms with E-state index in [9.17, 15) is 18.0 Å². The van der Waals surface area contributed by atoms with Crippen molar-refractivity contribution >= 4 is 27.5 Å². The predicted octanol–water partition coefficient (Wildman–Crippen LogP) is 3.84. The molecule has 0 unspecified atom stereocenters. The number of nitrogens with zero attached hydrogens (tertiary/aromatic N) is 2. The summed E-state index contributed by atoms with van der Waals surface area (Å²) >= 11 is 0. The van der Waals surface area contributed by atoms with Crippen LogP contribution in [0.2, 0.25) is 0 Å². The van der Waals surface area contributed by atoms with Crippen molar-refractivity contribution < 1.29 is 18.0 Å². The second-order valence-corrected chi connectivity index (χ2v) is 10.9. The van der Waals surface area contributed by atoms with E-state index in [4.69, 9.17) is 0 Å². The Kier molecular flexibility index (Phi) is 10.8. The van der Waals surface area contributed by atoms with Crippen molar-refractivity contribution in [1.82, 2.24) is 10.2 Å². The Morgan fingerprint density at radius 1 is 1.03 bits per heavy atom. The smallest absolute Gasteiger partial charge is 0.244 e. The number of benzene rings is 2. The van der Waals surface area contributed by atoms with Gasteiger partial charge in [0.05, 0.1) is 11.9 Å². The van der Waals surface area contributed by atoms with Gasteiger partial charge in [-0.2, -0.15) is 0 Å². The normalized spacial score (nSPS) is 12.1. The summed E-state index contributed by atoms with van der Waals surface area (Å²) in [4.78, 5) is 28.2. The van der Waals surface area contributed by atoms with E-state index in [0.717, 1.165) is 40.1 Å². The molecule has 2 rings (SSSR count). The molecule has 0 saturated heterocycles. The highest BCUT2D eigenvalue weighted by Gasteiger charge is 2.31. The van der Waals surface area contributed by atoms with Crippen molar-refractivity contribution in [2.24, 2.45) is 0 Å². The van der Waals surface area contributed by atoms with Gasteiger partial charge >= 0.3 is 0 Å². The molecule has 0 fully saturated rings. The maximum atomic E-state index is 13.6. The van der Waals surface area contributed by atoms with Gasteiger partial charge in [-0.05, 0) is 50.3 Å². The number of carbonyl (C=O) groups excluding carboxylic acids is 2. The van der Waals surface area contributed by atoms with E-state index >= 15 is 0 Å². The molecule has 0 bridgehead atoms. The number of carbonyl (C=O) groups is 2. The summed E-state index contributed by atoms with van der Waals surface area (Å²) in [5.41, 5.74) is 3.28. The number of aryl methyl sites for hydroxylation is 2. The first-order valence-electron chi connectivity index (χ1n) is 12.2. The summed E-state index contributed by atoms with van der Waals surface area (Å²) in [5, 5.41) is 2.93. The van der Waals surface area contributed by atoms with Crippen LogP contribution in [0.5, 0.6) is 0 Å². The van der Waals surface area contributed by atoms with E-state index in [2.05, 4.69) is 5.32 Å². The summed E-state index contributed by atoms with van der Waals surface area (Å²) in [6.07, 6.45) is 3.90. The predicted molar refractivity (Wildman–Crippen MR) is 142 cm³/mol. The summed E-state index contributed by atoms with van der Waals surface area (Å²) in [6.45, 7) is 8.17. The molecule has 2 aromatic rings. The van der Waals surface area contributed by atoms with Crippen LogP contribution in [-0.2, 0) is 26.0 Å². The quantitative estimate of drug-likeness (QED) is 0.423. The fourth-order valence-electron chi connectivity index (χ4n) is 4.08. The molecule has 0 aliphatic carbocycles. The van der Waals surface area contributed by atoms with Crippen LogP contribution in [-0.4, -0.2) is 57.1 Å². The lowest BCUT2D eigenvalue weighted by molar-refractivity contribution is -0.139. The van der Waals surface area contributed by atoms with Gasteiger partial charge in [0.1, 0.15) is 12.6 Å². The van der Waals surface area contributed by atoms with Gasteiger partial charge < -0.3 is 10.2 Å². The number of anilines is 1. The molecule has 2 amide bonds. The van der Waals surface area contributed by atoms with Crippen molar-refractivity contribution in [3.05, 3.63) is 65.2 Å². The first-order valence-corrected chi connectivity index (χ1v) is 14.1. The number of rotatable bonds is 13. The highest BCUT2D eigenvalue weighted by Crippen LogP contribution is 2.24. The third-order valence-corrected chi connectivity index (χ3v) is 7.13. The van der Waals surface area contributed by atoms with Gasteiger partial charge in [0.2, 0.25) is 21.8 Å². The summed E-state index contributed by atoms with van der Waals surface area (Å²) < 4.78 is 26.6. The van der Waals surface area contributed by atoms with E-state index in [0.29, 0.717) is 31.6 Å². The molecule has 0 aliphatic rings. The molecule has 0 aliphatic heterocycles. The van der Waals surface area contributed by atoms with E-state index in [1.807, 2.05) is 70.2 Å². The molecule has 0 heterocycles. The van der Waals surface area contributed by atoms with E-state index in [1.54, 1.807) is 6.07 Å². The monoisotopic (exact) mass is 501 g/mol. The first kappa shape index (κ1) is 28.4. The van der Waals surface area contributed by atoms with E-state index in [-0.39, 0.29) is 12.5 Å². The van der Waals surface area contributed by atoms with Crippen molar-refractivity contribution in [3.63, 3.8) is 0 Å². The molecule has 0 radical (unpaired) electrons. The maximum Gasteiger partial charge on any atom is 0.244 e. The lowest BCUT2D eigenvalue weighted by Crippen LogP contribution is -2.53. The fourth-order valence-corrected chi connectivity index (χ4v) is 4.99. The Morgan fingerprint density at radius 2 is 1.71 bits per heavy atom. The van der Waals surface area contributed by atoms with Crippen LogP contribution >= 0.6 is 0 Å². The average molecular weight is 502 g/mol. The van der Waals surface area contributed by atoms with Crippen molar-refractivity contribution in [3.8, 4) is 0 Å². The second-order valence-electron chi connectivity index (χ2n) is 8.95. The highest BCUT2D eigenvalue weighted by molar-refractivity contribution is 7.92. The Balaban J connectivity index is 2.35. The number of nitrogens with one attached hydrogen (secondary N) is 1. The second kappa shape index (κ2) is 13.3. The zero-order valence-electron chi connectivity index (χ0n) is 21.6. The van der Waals surface area contributed by atoms with Gasteiger partial charge in [0.15, 0.2) is 0 Å². The third kappa shape index (κ3) is 8.38. The zero-order valence-corrected chi connectivity index (χ0v) is 22.4. The topological polar surface area (TPSA) is 86.8 Å². The molecule has 0 aromatic heterocycles. The molecular weight excluding hydrogens is 462 g/mol. The molecule has 0 spiro atoms. The zero-order chi connectivity index (χ0) is 26.0. The molecule has 35 heavy (non-hydrogen) atoms. The minimum atomic E-state index is -3.73. The maximum absolute atomic E-state index is 13.6. The van der Waals surface area contributed by atoms with Crippen molar-refractivity contribution in [2.75, 3.05) is 30.2 Å². The average Bonchev–Trinajstić information content (AvgIpc) is 2.80. The largest absolute Gasteiger partial charge is 0.354 e. The Labute approximate surface area is 210 Å². The molecular formula is C27H39N3O4S. The fraction of sp³-hybridized carbons (Fsp3) is 0.481. The molecule has 0 saturated carbocycles. The van der Waals surface area contributed by atoms with Gasteiger partial charge in [-0.25, -0.2) is 8.42 Å². The molecule has 2 aromatic carbocycles. The number of hydrogen-bond acceptors (Lipinski definition) is 4. The Morgan fingerprint density at radius 3 is 2.29 bits per heavy atom. The standard InChI is InChI=1S/C27H39N3O4S/c1-6-8-17-28-27(32)24(7-2)29(18-16-23-12-10-9-11-13-23)26(31)20-30(35(5,33)34)25-15-14-21(3)19-22(25)4/h9-15,19,24H,6-8,16-18,20H2,1-5H3,(H,28,32)/t24-/m1/s1. The number of unbranched alkanes of at least 4 members (excludes halogenated alkanes) is 1. The van der Waals surface area contributed by atoms with Gasteiger partial charge in [0.25, 0.3) is 0 Å². The lowest BCUT2D eigenvalue weighted by Gasteiger charge is -2.33. The Bertz CT molecular complexity index is 1090. The first-order chi connectivity index (χ1) is 16.6. The molecule has 1 N–H and O–H groups in total. The molecule has 7 nitrogen and oxygen atoms in total. The van der Waals surface area contributed by atoms with Crippen LogP contribution < -0.4 is 9.62 Å². The summed E-state index contributed by atoms with van der Waals surface area (Å²) in [5.74, 6) is -0.608. The summed E-state index contributed by atoms with van der Waals surface area (Å²) in [7, 11) is -3.73. The van der Waals surface area contributed by atoms with Crippen molar-refractivity contribution in [1.29, 1.82) is 0 Å². The van der Waals surface area contributed by atoms with E-state index < -0.39 is 22.0 Å². The van der Waals surface area contributed by atoms with Crippen molar-refractivity contribution in [2.45, 2.75) is 59.4 Å². The number of sulfonamides is 1. The minimum absolute atomic E-state index is 0.209. The highest BCUT2D eigenvalue weighted by atomic mass is 32.2. The van der Waals surface area contributed by atoms with Crippen LogP contribution in [0, 0.1) is 13.8 Å². The van der Waals surface area contributed by atoms with Gasteiger partial charge in [-0.15, -0.1) is 0 Å². The summed E-state index contributed by atoms with van der Waals surface area (Å²) in [6, 6.07) is 14.5. The number of hydrogen-bond donors (Lipinski definition) is 1. The Hall–Kier alpha value is -2.87. The van der Waals surface area contributed by atoms with Crippen LogP contribution in [0.25, 0.3) is 0 Å². The SMILES string of the molecule is CCCCNC(=O)[C@@H](CC)N(CCc1ccccc1)C(=O)CN(c1ccc(C)cc1C)S(C)(=O)=O. The van der Waals surface area contributed by atoms with Crippen LogP contribution in [0.15, 0.2) is 48.5 Å². The minimum Gasteiger partial charge on any atom is -0.354 e. The lowest BCUT2D eigenvalue weighted by atomic mass is 10.1. The van der Waals surface area contributed by atoms with Gasteiger partial charge in [-0.1, -0.05) is 68.3 Å². The number of amides is 2.